The van der Waals surface area contributed by atoms with Crippen LogP contribution in [0, 0.1) is 0 Å². The van der Waals surface area contributed by atoms with Gasteiger partial charge in [0.1, 0.15) is 0 Å². The summed E-state index contributed by atoms with van der Waals surface area (Å²) in [5, 5.41) is 8.10. The number of carbonyl (C=O) groups is 1. The SMILES string of the molecule is CC.O=C(Cl)C(O)c1ccc(C(F)(F)F)cc1. The molecule has 1 N–H and O–H groups in total. The third kappa shape index (κ3) is 4.75. The minimum Gasteiger partial charge on any atom is -0.379 e. The molecule has 6 heteroatoms. The number of aliphatic hydroxyl groups excluding tert-OH is 1. The lowest BCUT2D eigenvalue weighted by Gasteiger charge is -2.09. The van der Waals surface area contributed by atoms with Crippen molar-refractivity contribution in [2.45, 2.75) is 26.1 Å². The van der Waals surface area contributed by atoms with Crippen LogP contribution in [0.1, 0.15) is 31.1 Å². The van der Waals surface area contributed by atoms with E-state index in [-0.39, 0.29) is 5.56 Å². The van der Waals surface area contributed by atoms with E-state index in [1.165, 1.54) is 0 Å². The standard InChI is InChI=1S/C9H6ClF3O2.C2H6/c10-8(15)7(14)5-1-3-6(4-2-5)9(11,12)13;1-2/h1-4,7,14H;1-2H3. The number of hydrogen-bond acceptors (Lipinski definition) is 2. The molecular formula is C11H12ClF3O2. The lowest BCUT2D eigenvalue weighted by atomic mass is 10.1. The largest absolute Gasteiger partial charge is 0.416 e. The van der Waals surface area contributed by atoms with Crippen LogP contribution in [0.5, 0.6) is 0 Å². The number of benzene rings is 1. The Morgan fingerprint density at radius 1 is 1.24 bits per heavy atom. The number of halogens is 4. The molecule has 0 aliphatic carbocycles. The molecule has 2 nitrogen and oxygen atoms in total. The Hall–Kier alpha value is -1.07. The van der Waals surface area contributed by atoms with Gasteiger partial charge in [-0.3, -0.25) is 4.79 Å². The molecule has 0 spiro atoms. The van der Waals surface area contributed by atoms with E-state index in [4.69, 9.17) is 16.7 Å². The van der Waals surface area contributed by atoms with Crippen LogP contribution in [0.2, 0.25) is 0 Å². The fourth-order valence-electron chi connectivity index (χ4n) is 0.985. The van der Waals surface area contributed by atoms with Crippen molar-refractivity contribution < 1.29 is 23.1 Å². The van der Waals surface area contributed by atoms with Crippen LogP contribution in [-0.4, -0.2) is 10.3 Å². The van der Waals surface area contributed by atoms with Gasteiger partial charge in [-0.25, -0.2) is 0 Å². The molecule has 0 amide bonds. The first-order valence-corrected chi connectivity index (χ1v) is 5.24. The molecule has 1 unspecified atom stereocenters. The Balaban J connectivity index is 0.00000121. The van der Waals surface area contributed by atoms with Gasteiger partial charge in [0.2, 0.25) is 0 Å². The fourth-order valence-corrected chi connectivity index (χ4v) is 1.11. The van der Waals surface area contributed by atoms with Crippen LogP contribution >= 0.6 is 11.6 Å². The summed E-state index contributed by atoms with van der Waals surface area (Å²) >= 11 is 4.98. The average Bonchev–Trinajstić information content (AvgIpc) is 2.29. The second kappa shape index (κ2) is 6.61. The Labute approximate surface area is 102 Å². The van der Waals surface area contributed by atoms with Crippen molar-refractivity contribution in [2.75, 3.05) is 0 Å². The Morgan fingerprint density at radius 2 is 1.65 bits per heavy atom. The molecule has 1 atom stereocenters. The highest BCUT2D eigenvalue weighted by molar-refractivity contribution is 6.64. The second-order valence-electron chi connectivity index (χ2n) is 2.83. The van der Waals surface area contributed by atoms with E-state index in [9.17, 15) is 18.0 Å². The van der Waals surface area contributed by atoms with Gasteiger partial charge < -0.3 is 5.11 Å². The van der Waals surface area contributed by atoms with Crippen LogP contribution in [-0.2, 0) is 11.0 Å². The van der Waals surface area contributed by atoms with Crippen molar-refractivity contribution in [3.05, 3.63) is 35.4 Å². The summed E-state index contributed by atoms with van der Waals surface area (Å²) in [6.07, 6.45) is -6.02. The molecule has 0 aliphatic rings. The Bertz CT molecular complexity index is 360. The molecule has 0 saturated heterocycles. The first-order valence-electron chi connectivity index (χ1n) is 4.87. The van der Waals surface area contributed by atoms with Crippen LogP contribution in [0.15, 0.2) is 24.3 Å². The molecule has 0 aromatic heterocycles. The lowest BCUT2D eigenvalue weighted by molar-refractivity contribution is -0.137. The van der Waals surface area contributed by atoms with Gasteiger partial charge >= 0.3 is 6.18 Å². The predicted octanol–water partition coefficient (Wildman–Crippen LogP) is 3.53. The van der Waals surface area contributed by atoms with Gasteiger partial charge in [0.15, 0.2) is 6.10 Å². The molecule has 17 heavy (non-hydrogen) atoms. The molecule has 1 rings (SSSR count). The third-order valence-electron chi connectivity index (χ3n) is 1.77. The molecule has 0 fully saturated rings. The molecular weight excluding hydrogens is 257 g/mol. The number of carbonyl (C=O) groups excluding carboxylic acids is 1. The number of aliphatic hydroxyl groups is 1. The highest BCUT2D eigenvalue weighted by Crippen LogP contribution is 2.30. The average molecular weight is 269 g/mol. The lowest BCUT2D eigenvalue weighted by Crippen LogP contribution is -2.08. The van der Waals surface area contributed by atoms with Crippen molar-refractivity contribution in [3.63, 3.8) is 0 Å². The summed E-state index contributed by atoms with van der Waals surface area (Å²) < 4.78 is 36.4. The van der Waals surface area contributed by atoms with Crippen molar-refractivity contribution in [1.82, 2.24) is 0 Å². The van der Waals surface area contributed by atoms with Crippen LogP contribution in [0.3, 0.4) is 0 Å². The first kappa shape index (κ1) is 15.9. The zero-order chi connectivity index (χ0) is 13.6. The van der Waals surface area contributed by atoms with Gasteiger partial charge in [-0.1, -0.05) is 26.0 Å². The Morgan fingerprint density at radius 3 is 1.94 bits per heavy atom. The number of alkyl halides is 3. The second-order valence-corrected chi connectivity index (χ2v) is 3.20. The third-order valence-corrected chi connectivity index (χ3v) is 1.98. The van der Waals surface area contributed by atoms with E-state index < -0.39 is 23.1 Å². The first-order chi connectivity index (χ1) is 7.82. The highest BCUT2D eigenvalue weighted by atomic mass is 35.5. The summed E-state index contributed by atoms with van der Waals surface area (Å²) in [5.41, 5.74) is -0.816. The maximum Gasteiger partial charge on any atom is 0.416 e. The van der Waals surface area contributed by atoms with E-state index >= 15 is 0 Å². The quantitative estimate of drug-likeness (QED) is 0.833. The predicted molar refractivity (Wildman–Crippen MR) is 58.6 cm³/mol. The summed E-state index contributed by atoms with van der Waals surface area (Å²) in [6, 6.07) is 3.57. The molecule has 0 aliphatic heterocycles. The van der Waals surface area contributed by atoms with Crippen molar-refractivity contribution in [2.24, 2.45) is 0 Å². The zero-order valence-corrected chi connectivity index (χ0v) is 10.0. The molecule has 0 saturated carbocycles. The number of rotatable bonds is 2. The van der Waals surface area contributed by atoms with Crippen molar-refractivity contribution in [1.29, 1.82) is 0 Å². The summed E-state index contributed by atoms with van der Waals surface area (Å²) in [6.45, 7) is 4.00. The molecule has 0 radical (unpaired) electrons. The van der Waals surface area contributed by atoms with Crippen molar-refractivity contribution >= 4 is 16.8 Å². The van der Waals surface area contributed by atoms with Gasteiger partial charge in [0.05, 0.1) is 5.56 Å². The Kier molecular flexibility index (Phi) is 6.20. The highest BCUT2D eigenvalue weighted by Gasteiger charge is 2.30. The zero-order valence-electron chi connectivity index (χ0n) is 9.25. The van der Waals surface area contributed by atoms with E-state index in [0.717, 1.165) is 24.3 Å². The maximum absolute atomic E-state index is 12.1. The monoisotopic (exact) mass is 268 g/mol. The van der Waals surface area contributed by atoms with Gasteiger partial charge in [0.25, 0.3) is 5.24 Å². The maximum atomic E-state index is 12.1. The van der Waals surface area contributed by atoms with Gasteiger partial charge in [-0.2, -0.15) is 13.2 Å². The van der Waals surface area contributed by atoms with E-state index in [2.05, 4.69) is 0 Å². The summed E-state index contributed by atoms with van der Waals surface area (Å²) in [7, 11) is 0. The fraction of sp³-hybridized carbons (Fsp3) is 0.364. The summed E-state index contributed by atoms with van der Waals surface area (Å²) in [4.78, 5) is 10.5. The molecule has 0 bridgehead atoms. The normalized spacial score (nSPS) is 12.4. The van der Waals surface area contributed by atoms with E-state index in [0.29, 0.717) is 0 Å². The molecule has 0 heterocycles. The minimum atomic E-state index is -4.44. The van der Waals surface area contributed by atoms with Crippen LogP contribution < -0.4 is 0 Å². The molecule has 1 aromatic carbocycles. The van der Waals surface area contributed by atoms with Gasteiger partial charge in [0, 0.05) is 0 Å². The smallest absolute Gasteiger partial charge is 0.379 e. The van der Waals surface area contributed by atoms with Crippen molar-refractivity contribution in [3.8, 4) is 0 Å². The van der Waals surface area contributed by atoms with E-state index in [1.807, 2.05) is 13.8 Å². The summed E-state index contributed by atoms with van der Waals surface area (Å²) in [5.74, 6) is 0. The van der Waals surface area contributed by atoms with Crippen LogP contribution in [0.25, 0.3) is 0 Å². The minimum absolute atomic E-state index is 0.0306. The van der Waals surface area contributed by atoms with Gasteiger partial charge in [-0.05, 0) is 29.3 Å². The van der Waals surface area contributed by atoms with E-state index in [1.54, 1.807) is 0 Å². The van der Waals surface area contributed by atoms with Crippen LogP contribution in [0.4, 0.5) is 13.2 Å². The molecule has 1 aromatic rings. The number of hydrogen-bond donors (Lipinski definition) is 1. The topological polar surface area (TPSA) is 37.3 Å². The molecule has 96 valence electrons. The van der Waals surface area contributed by atoms with Gasteiger partial charge in [-0.15, -0.1) is 0 Å².